The highest BCUT2D eigenvalue weighted by molar-refractivity contribution is 6.39. The Labute approximate surface area is 268 Å². The maximum Gasteiger partial charge on any atom is 0.312 e. The molecule has 254 valence electrons. The van der Waals surface area contributed by atoms with Crippen LogP contribution in [0, 0.1) is 44.3 Å². The molecule has 45 heavy (non-hydrogen) atoms. The van der Waals surface area contributed by atoms with Crippen LogP contribution < -0.4 is 0 Å². The van der Waals surface area contributed by atoms with E-state index in [1.807, 2.05) is 34.6 Å². The van der Waals surface area contributed by atoms with Crippen LogP contribution >= 0.6 is 0 Å². The van der Waals surface area contributed by atoms with E-state index in [1.54, 1.807) is 6.92 Å². The number of carbonyl (C=O) groups excluding carboxylic acids is 6. The van der Waals surface area contributed by atoms with Gasteiger partial charge in [-0.1, -0.05) is 34.6 Å². The van der Waals surface area contributed by atoms with Crippen LogP contribution in [-0.2, 0) is 47.7 Å². The third-order valence-electron chi connectivity index (χ3n) is 12.9. The molecule has 0 saturated heterocycles. The number of hydrogen-bond donors (Lipinski definition) is 0. The number of methoxy groups -OCH3 is 3. The van der Waals surface area contributed by atoms with Crippen LogP contribution in [0.5, 0.6) is 0 Å². The van der Waals surface area contributed by atoms with Gasteiger partial charge in [0.25, 0.3) is 0 Å². The molecule has 3 aliphatic carbocycles. The monoisotopic (exact) mass is 634 g/mol. The van der Waals surface area contributed by atoms with Gasteiger partial charge in [0.1, 0.15) is 6.10 Å². The van der Waals surface area contributed by atoms with E-state index in [4.69, 9.17) is 18.9 Å². The first kappa shape index (κ1) is 36.7. The SMILES string of the molecule is COC(=O)C[C@H]1C(C)(C)[C@@H](OC(C)=O)CC[C@]1(C)C(=O)C(=O)C[C@@]1(C)[C@@H]2C[C@](C)(C(=O)OC)CC[C@]2(C)CC[C@]1(C)C(=O)OC. The van der Waals surface area contributed by atoms with Crippen LogP contribution in [0.4, 0.5) is 0 Å². The molecule has 3 saturated carbocycles. The van der Waals surface area contributed by atoms with Crippen LogP contribution in [-0.4, -0.2) is 62.9 Å². The fraction of sp³-hybridized carbons (Fsp3) is 0.829. The van der Waals surface area contributed by atoms with Crippen molar-refractivity contribution < 1.29 is 47.7 Å². The molecule has 3 fully saturated rings. The van der Waals surface area contributed by atoms with Gasteiger partial charge in [0.05, 0.1) is 32.2 Å². The van der Waals surface area contributed by atoms with Crippen molar-refractivity contribution in [1.82, 2.24) is 0 Å². The summed E-state index contributed by atoms with van der Waals surface area (Å²) in [5.41, 5.74) is -5.31. The van der Waals surface area contributed by atoms with Gasteiger partial charge in [0, 0.05) is 30.6 Å². The maximum atomic E-state index is 14.5. The molecular weight excluding hydrogens is 580 g/mol. The molecule has 3 aliphatic rings. The van der Waals surface area contributed by atoms with Gasteiger partial charge < -0.3 is 18.9 Å². The lowest BCUT2D eigenvalue weighted by atomic mass is 9.40. The van der Waals surface area contributed by atoms with E-state index >= 15 is 0 Å². The lowest BCUT2D eigenvalue weighted by Crippen LogP contribution is -2.62. The molecular formula is C35H54O10. The zero-order valence-corrected chi connectivity index (χ0v) is 29.2. The molecule has 8 atom stereocenters. The van der Waals surface area contributed by atoms with E-state index in [0.717, 1.165) is 0 Å². The number of hydrogen-bond acceptors (Lipinski definition) is 10. The van der Waals surface area contributed by atoms with Crippen LogP contribution in [0.2, 0.25) is 0 Å². The fourth-order valence-electron chi connectivity index (χ4n) is 9.52. The second-order valence-electron chi connectivity index (χ2n) is 15.8. The number of ketones is 2. The van der Waals surface area contributed by atoms with Crippen molar-refractivity contribution >= 4 is 35.4 Å². The van der Waals surface area contributed by atoms with Crippen molar-refractivity contribution in [2.24, 2.45) is 44.3 Å². The van der Waals surface area contributed by atoms with E-state index in [1.165, 1.54) is 28.3 Å². The lowest BCUT2D eigenvalue weighted by molar-refractivity contribution is -0.197. The van der Waals surface area contributed by atoms with E-state index in [-0.39, 0.29) is 36.6 Å². The summed E-state index contributed by atoms with van der Waals surface area (Å²) in [6.07, 6.45) is 2.58. The first-order valence-corrected chi connectivity index (χ1v) is 16.1. The molecule has 0 unspecified atom stereocenters. The zero-order chi connectivity index (χ0) is 34.4. The third kappa shape index (κ3) is 6.07. The van der Waals surface area contributed by atoms with Crippen LogP contribution in [0.25, 0.3) is 0 Å². The molecule has 0 radical (unpaired) electrons. The Morgan fingerprint density at radius 2 is 1.31 bits per heavy atom. The topological polar surface area (TPSA) is 139 Å². The fourth-order valence-corrected chi connectivity index (χ4v) is 9.52. The third-order valence-corrected chi connectivity index (χ3v) is 12.9. The van der Waals surface area contributed by atoms with Gasteiger partial charge in [-0.25, -0.2) is 0 Å². The number of Topliss-reactive ketones (excluding diaryl/α,β-unsaturated/α-hetero) is 2. The Morgan fingerprint density at radius 1 is 0.733 bits per heavy atom. The first-order valence-electron chi connectivity index (χ1n) is 16.1. The van der Waals surface area contributed by atoms with Gasteiger partial charge >= 0.3 is 23.9 Å². The second kappa shape index (κ2) is 12.4. The highest BCUT2D eigenvalue weighted by Crippen LogP contribution is 2.68. The van der Waals surface area contributed by atoms with E-state index in [0.29, 0.717) is 38.5 Å². The number of esters is 4. The summed E-state index contributed by atoms with van der Waals surface area (Å²) in [6, 6.07) is 0. The molecule has 10 nitrogen and oxygen atoms in total. The minimum Gasteiger partial charge on any atom is -0.469 e. The Morgan fingerprint density at radius 3 is 1.84 bits per heavy atom. The van der Waals surface area contributed by atoms with Gasteiger partial charge in [0.2, 0.25) is 5.78 Å². The molecule has 0 spiro atoms. The molecule has 0 aromatic carbocycles. The zero-order valence-electron chi connectivity index (χ0n) is 29.2. The molecule has 3 rings (SSSR count). The number of rotatable bonds is 9. The number of carbonyl (C=O) groups is 6. The number of ether oxygens (including phenoxy) is 4. The Balaban J connectivity index is 2.10. The summed E-state index contributed by atoms with van der Waals surface area (Å²) in [5, 5.41) is 0. The molecule has 0 amide bonds. The summed E-state index contributed by atoms with van der Waals surface area (Å²) in [4.78, 5) is 80.1. The minimum absolute atomic E-state index is 0.133. The van der Waals surface area contributed by atoms with Crippen molar-refractivity contribution in [2.45, 2.75) is 119 Å². The summed E-state index contributed by atoms with van der Waals surface area (Å²) in [6.45, 7) is 14.5. The van der Waals surface area contributed by atoms with Gasteiger partial charge in [-0.05, 0) is 81.5 Å². The van der Waals surface area contributed by atoms with Gasteiger partial charge in [-0.3, -0.25) is 28.8 Å². The molecule has 0 N–H and O–H groups in total. The van der Waals surface area contributed by atoms with Crippen LogP contribution in [0.3, 0.4) is 0 Å². The normalized spacial score (nSPS) is 39.0. The predicted octanol–water partition coefficient (Wildman–Crippen LogP) is 5.42. The van der Waals surface area contributed by atoms with Crippen molar-refractivity contribution in [3.05, 3.63) is 0 Å². The predicted molar refractivity (Wildman–Crippen MR) is 164 cm³/mol. The van der Waals surface area contributed by atoms with E-state index in [9.17, 15) is 28.8 Å². The smallest absolute Gasteiger partial charge is 0.312 e. The Kier molecular flexibility index (Phi) is 10.1. The Hall–Kier alpha value is -2.78. The summed E-state index contributed by atoms with van der Waals surface area (Å²) >= 11 is 0. The van der Waals surface area contributed by atoms with Gasteiger partial charge in [-0.15, -0.1) is 0 Å². The molecule has 0 aromatic rings. The molecule has 0 bridgehead atoms. The van der Waals surface area contributed by atoms with Crippen molar-refractivity contribution in [3.63, 3.8) is 0 Å². The van der Waals surface area contributed by atoms with Gasteiger partial charge in [-0.2, -0.15) is 0 Å². The van der Waals surface area contributed by atoms with Crippen molar-refractivity contribution in [2.75, 3.05) is 21.3 Å². The van der Waals surface area contributed by atoms with Crippen LogP contribution in [0.1, 0.15) is 113 Å². The standard InChI is InChI=1S/C35H54O10/c1-21(36)45-25-12-13-33(6,23(30(25,2)3)18-26(38)42-9)27(39)22(37)19-35(8)24-20-32(5,28(40)43-10)15-14-31(24,4)16-17-34(35,7)29(41)44-11/h23-25H,12-20H2,1-11H3/t23-,24+,25-,31+,32+,33-,34+,35-/m0/s1. The molecule has 0 heterocycles. The lowest BCUT2D eigenvalue weighted by Gasteiger charge is -2.63. The molecule has 10 heteroatoms. The van der Waals surface area contributed by atoms with E-state index in [2.05, 4.69) is 6.92 Å². The highest BCUT2D eigenvalue weighted by Gasteiger charge is 2.67. The summed E-state index contributed by atoms with van der Waals surface area (Å²) in [7, 11) is 3.97. The van der Waals surface area contributed by atoms with E-state index < -0.39 is 68.6 Å². The minimum atomic E-state index is -1.26. The average molecular weight is 635 g/mol. The largest absolute Gasteiger partial charge is 0.469 e. The second-order valence-corrected chi connectivity index (χ2v) is 15.8. The quantitative estimate of drug-likeness (QED) is 0.184. The first-order chi connectivity index (χ1) is 20.6. The van der Waals surface area contributed by atoms with Crippen molar-refractivity contribution in [1.29, 1.82) is 0 Å². The summed E-state index contributed by atoms with van der Waals surface area (Å²) in [5.74, 6) is -3.94. The maximum absolute atomic E-state index is 14.5. The van der Waals surface area contributed by atoms with Crippen LogP contribution in [0.15, 0.2) is 0 Å². The number of fused-ring (bicyclic) bond motifs is 1. The van der Waals surface area contributed by atoms with Crippen molar-refractivity contribution in [3.8, 4) is 0 Å². The highest BCUT2D eigenvalue weighted by atomic mass is 16.5. The molecule has 0 aliphatic heterocycles. The molecule has 0 aromatic heterocycles. The van der Waals surface area contributed by atoms with Gasteiger partial charge in [0.15, 0.2) is 5.78 Å². The Bertz CT molecular complexity index is 1230. The average Bonchev–Trinajstić information content (AvgIpc) is 2.98. The summed E-state index contributed by atoms with van der Waals surface area (Å²) < 4.78 is 21.1.